The van der Waals surface area contributed by atoms with Gasteiger partial charge in [-0.15, -0.1) is 0 Å². The summed E-state index contributed by atoms with van der Waals surface area (Å²) >= 11 is 0. The number of hydrogen-bond donors (Lipinski definition) is 1. The van der Waals surface area contributed by atoms with Crippen molar-refractivity contribution >= 4 is 0 Å². The van der Waals surface area contributed by atoms with E-state index >= 15 is 0 Å². The molecule has 1 aliphatic heterocycles. The second-order valence-electron chi connectivity index (χ2n) is 3.02. The van der Waals surface area contributed by atoms with Crippen LogP contribution in [0.2, 0.25) is 0 Å². The first-order valence-corrected chi connectivity index (χ1v) is 4.50. The summed E-state index contributed by atoms with van der Waals surface area (Å²) in [5, 5.41) is 13.5. The first-order chi connectivity index (χ1) is 6.86. The van der Waals surface area contributed by atoms with E-state index in [9.17, 15) is 5.11 Å². The number of allylic oxidation sites excluding steroid dienone is 1. The predicted molar refractivity (Wildman–Crippen MR) is 51.4 cm³/mol. The van der Waals surface area contributed by atoms with E-state index in [1.165, 1.54) is 0 Å². The minimum atomic E-state index is -0.796. The fraction of sp³-hybridized carbons (Fsp3) is 0.300. The summed E-state index contributed by atoms with van der Waals surface area (Å²) in [6, 6.07) is 1.86. The van der Waals surface area contributed by atoms with Crippen LogP contribution in [0.25, 0.3) is 0 Å². The van der Waals surface area contributed by atoms with E-state index in [2.05, 4.69) is 5.10 Å². The highest BCUT2D eigenvalue weighted by molar-refractivity contribution is 5.23. The first-order valence-electron chi connectivity index (χ1n) is 4.50. The maximum absolute atomic E-state index is 9.43. The minimum absolute atomic E-state index is 0.472. The van der Waals surface area contributed by atoms with Gasteiger partial charge in [-0.2, -0.15) is 5.10 Å². The van der Waals surface area contributed by atoms with Gasteiger partial charge in [-0.1, -0.05) is 18.2 Å². The summed E-state index contributed by atoms with van der Waals surface area (Å²) in [5.74, 6) is 0. The number of aromatic nitrogens is 2. The second kappa shape index (κ2) is 4.21. The Labute approximate surface area is 82.1 Å². The molecule has 4 nitrogen and oxygen atoms in total. The summed E-state index contributed by atoms with van der Waals surface area (Å²) in [6.07, 6.45) is 8.45. The zero-order valence-corrected chi connectivity index (χ0v) is 7.71. The van der Waals surface area contributed by atoms with E-state index in [0.717, 1.165) is 5.57 Å². The van der Waals surface area contributed by atoms with Crippen molar-refractivity contribution in [3.63, 3.8) is 0 Å². The Hall–Kier alpha value is -1.39. The fourth-order valence-corrected chi connectivity index (χ4v) is 1.29. The average Bonchev–Trinajstić information content (AvgIpc) is 2.69. The smallest absolute Gasteiger partial charge is 0.181 e. The molecule has 2 rings (SSSR count). The van der Waals surface area contributed by atoms with E-state index in [1.807, 2.05) is 30.5 Å². The van der Waals surface area contributed by atoms with Gasteiger partial charge in [0, 0.05) is 18.0 Å². The molecule has 0 radical (unpaired) electrons. The number of hydrogen-bond acceptors (Lipinski definition) is 3. The van der Waals surface area contributed by atoms with Crippen LogP contribution in [0, 0.1) is 0 Å². The lowest BCUT2D eigenvalue weighted by molar-refractivity contribution is -0.0628. The van der Waals surface area contributed by atoms with Gasteiger partial charge >= 0.3 is 0 Å². The van der Waals surface area contributed by atoms with E-state index < -0.39 is 6.29 Å². The Bertz CT molecular complexity index is 341. The SMILES string of the molecule is OC1OCC=C/C1=C/Cn1cccn1. The van der Waals surface area contributed by atoms with Crippen molar-refractivity contribution in [1.82, 2.24) is 9.78 Å². The van der Waals surface area contributed by atoms with Crippen molar-refractivity contribution in [2.45, 2.75) is 12.8 Å². The maximum atomic E-state index is 9.43. The van der Waals surface area contributed by atoms with Crippen LogP contribution in [0.15, 0.2) is 42.3 Å². The Kier molecular flexibility index (Phi) is 2.76. The zero-order valence-electron chi connectivity index (χ0n) is 7.71. The van der Waals surface area contributed by atoms with Crippen LogP contribution in [0.4, 0.5) is 0 Å². The van der Waals surface area contributed by atoms with Crippen LogP contribution < -0.4 is 0 Å². The zero-order chi connectivity index (χ0) is 9.80. The molecule has 1 N–H and O–H groups in total. The normalized spacial score (nSPS) is 24.4. The van der Waals surface area contributed by atoms with Crippen LogP contribution >= 0.6 is 0 Å². The first kappa shape index (κ1) is 9.18. The molecule has 0 aromatic carbocycles. The van der Waals surface area contributed by atoms with Gasteiger partial charge in [0.05, 0.1) is 13.2 Å². The molecule has 1 aliphatic rings. The van der Waals surface area contributed by atoms with Gasteiger partial charge in [0.2, 0.25) is 0 Å². The van der Waals surface area contributed by atoms with E-state index in [0.29, 0.717) is 13.2 Å². The molecular formula is C10H12N2O2. The molecular weight excluding hydrogens is 180 g/mol. The highest BCUT2D eigenvalue weighted by Gasteiger charge is 2.10. The van der Waals surface area contributed by atoms with Crippen LogP contribution in [0.5, 0.6) is 0 Å². The summed E-state index contributed by atoms with van der Waals surface area (Å²) in [5.41, 5.74) is 0.784. The number of nitrogens with zero attached hydrogens (tertiary/aromatic N) is 2. The van der Waals surface area contributed by atoms with Crippen molar-refractivity contribution < 1.29 is 9.84 Å². The third-order valence-electron chi connectivity index (χ3n) is 2.02. The van der Waals surface area contributed by atoms with Crippen LogP contribution in [-0.2, 0) is 11.3 Å². The molecule has 1 atom stereocenters. The average molecular weight is 192 g/mol. The van der Waals surface area contributed by atoms with Crippen molar-refractivity contribution in [1.29, 1.82) is 0 Å². The summed E-state index contributed by atoms with van der Waals surface area (Å²) in [6.45, 7) is 1.12. The van der Waals surface area contributed by atoms with Crippen molar-refractivity contribution in [3.8, 4) is 0 Å². The fourth-order valence-electron chi connectivity index (χ4n) is 1.29. The number of aliphatic hydroxyl groups excluding tert-OH is 1. The highest BCUT2D eigenvalue weighted by atomic mass is 16.6. The monoisotopic (exact) mass is 192 g/mol. The quantitative estimate of drug-likeness (QED) is 0.750. The molecule has 0 saturated carbocycles. The van der Waals surface area contributed by atoms with Gasteiger partial charge in [-0.05, 0) is 6.07 Å². The Morgan fingerprint density at radius 2 is 2.64 bits per heavy atom. The van der Waals surface area contributed by atoms with Gasteiger partial charge in [0.25, 0.3) is 0 Å². The summed E-state index contributed by atoms with van der Waals surface area (Å²) in [4.78, 5) is 0. The molecule has 14 heavy (non-hydrogen) atoms. The molecule has 2 heterocycles. The lowest BCUT2D eigenvalue weighted by Crippen LogP contribution is -2.18. The maximum Gasteiger partial charge on any atom is 0.181 e. The van der Waals surface area contributed by atoms with Crippen molar-refractivity contribution in [3.05, 3.63) is 42.3 Å². The number of rotatable bonds is 2. The van der Waals surface area contributed by atoms with Crippen LogP contribution in [0.1, 0.15) is 0 Å². The van der Waals surface area contributed by atoms with Gasteiger partial charge in [-0.3, -0.25) is 4.68 Å². The lowest BCUT2D eigenvalue weighted by atomic mass is 10.2. The third kappa shape index (κ3) is 2.10. The number of ether oxygens (including phenoxy) is 1. The molecule has 0 aliphatic carbocycles. The highest BCUT2D eigenvalue weighted by Crippen LogP contribution is 2.11. The molecule has 1 aromatic heterocycles. The van der Waals surface area contributed by atoms with Gasteiger partial charge in [-0.25, -0.2) is 0 Å². The van der Waals surface area contributed by atoms with Crippen LogP contribution in [0.3, 0.4) is 0 Å². The standard InChI is InChI=1S/C10H12N2O2/c13-10-9(3-1-8-14-10)4-7-12-6-2-5-11-12/h1-6,10,13H,7-8H2/b9-4-. The molecule has 0 bridgehead atoms. The van der Waals surface area contributed by atoms with Crippen molar-refractivity contribution in [2.75, 3.05) is 6.61 Å². The second-order valence-corrected chi connectivity index (χ2v) is 3.02. The largest absolute Gasteiger partial charge is 0.364 e. The summed E-state index contributed by atoms with van der Waals surface area (Å²) in [7, 11) is 0. The minimum Gasteiger partial charge on any atom is -0.364 e. The lowest BCUT2D eigenvalue weighted by Gasteiger charge is -2.16. The van der Waals surface area contributed by atoms with Gasteiger partial charge in [0.1, 0.15) is 0 Å². The van der Waals surface area contributed by atoms with E-state index in [4.69, 9.17) is 4.74 Å². The van der Waals surface area contributed by atoms with Gasteiger partial charge < -0.3 is 9.84 Å². The van der Waals surface area contributed by atoms with Crippen molar-refractivity contribution in [2.24, 2.45) is 0 Å². The third-order valence-corrected chi connectivity index (χ3v) is 2.02. The predicted octanol–water partition coefficient (Wildman–Crippen LogP) is 0.714. The molecule has 74 valence electrons. The number of aliphatic hydroxyl groups is 1. The molecule has 0 fully saturated rings. The molecule has 0 saturated heterocycles. The Balaban J connectivity index is 2.03. The van der Waals surface area contributed by atoms with Gasteiger partial charge in [0.15, 0.2) is 6.29 Å². The molecule has 1 aromatic rings. The molecule has 1 unspecified atom stereocenters. The molecule has 4 heteroatoms. The van der Waals surface area contributed by atoms with E-state index in [1.54, 1.807) is 10.9 Å². The van der Waals surface area contributed by atoms with Crippen LogP contribution in [-0.4, -0.2) is 27.8 Å². The molecule has 0 spiro atoms. The topological polar surface area (TPSA) is 47.3 Å². The van der Waals surface area contributed by atoms with E-state index in [-0.39, 0.29) is 0 Å². The molecule has 0 amide bonds. The summed E-state index contributed by atoms with van der Waals surface area (Å²) < 4.78 is 6.81. The Morgan fingerprint density at radius 3 is 3.36 bits per heavy atom. The Morgan fingerprint density at radius 1 is 1.71 bits per heavy atom.